The lowest BCUT2D eigenvalue weighted by atomic mass is 10.0. The van der Waals surface area contributed by atoms with Crippen LogP contribution in [0.15, 0.2) is 30.5 Å². The van der Waals surface area contributed by atoms with Crippen LogP contribution in [0.25, 0.3) is 0 Å². The predicted molar refractivity (Wildman–Crippen MR) is 77.6 cm³/mol. The summed E-state index contributed by atoms with van der Waals surface area (Å²) < 4.78 is 14.9. The van der Waals surface area contributed by atoms with Crippen molar-refractivity contribution in [3.8, 4) is 0 Å². The first-order valence-corrected chi connectivity index (χ1v) is 7.19. The van der Waals surface area contributed by atoms with E-state index in [1.807, 2.05) is 6.07 Å². The Bertz CT molecular complexity index is 666. The highest BCUT2D eigenvalue weighted by Gasteiger charge is 2.33. The van der Waals surface area contributed by atoms with Gasteiger partial charge in [-0.3, -0.25) is 9.48 Å². The van der Waals surface area contributed by atoms with Crippen molar-refractivity contribution >= 4 is 17.5 Å². The zero-order valence-corrected chi connectivity index (χ0v) is 12.3. The van der Waals surface area contributed by atoms with E-state index in [0.717, 1.165) is 18.4 Å². The molecule has 6 heteroatoms. The maximum atomic E-state index is 13.4. The molecule has 1 aliphatic heterocycles. The second-order valence-corrected chi connectivity index (χ2v) is 5.58. The molecule has 1 fully saturated rings. The Hall–Kier alpha value is -1.88. The van der Waals surface area contributed by atoms with Crippen molar-refractivity contribution in [3.05, 3.63) is 52.6 Å². The molecule has 1 aromatic carbocycles. The van der Waals surface area contributed by atoms with Gasteiger partial charge in [-0.15, -0.1) is 0 Å². The molecule has 0 aliphatic carbocycles. The standard InChI is InChI=1S/C15H15ClFN3O/c1-19-14(12(16)9-18-19)15(21)20-7-3-6-13(20)10-4-2-5-11(17)8-10/h2,4-5,8-9,13H,3,6-7H2,1H3. The van der Waals surface area contributed by atoms with Crippen LogP contribution < -0.4 is 0 Å². The average molecular weight is 308 g/mol. The lowest BCUT2D eigenvalue weighted by Gasteiger charge is -2.25. The normalized spacial score (nSPS) is 18.2. The number of rotatable bonds is 2. The number of hydrogen-bond acceptors (Lipinski definition) is 2. The molecule has 0 saturated carbocycles. The van der Waals surface area contributed by atoms with Gasteiger partial charge in [0.1, 0.15) is 11.5 Å². The first-order chi connectivity index (χ1) is 10.1. The molecule has 1 unspecified atom stereocenters. The van der Waals surface area contributed by atoms with Crippen LogP contribution in [0.4, 0.5) is 4.39 Å². The third kappa shape index (κ3) is 2.53. The van der Waals surface area contributed by atoms with Crippen molar-refractivity contribution in [3.63, 3.8) is 0 Å². The van der Waals surface area contributed by atoms with E-state index in [4.69, 9.17) is 11.6 Å². The molecule has 4 nitrogen and oxygen atoms in total. The van der Waals surface area contributed by atoms with Crippen molar-refractivity contribution in [1.29, 1.82) is 0 Å². The number of carbonyl (C=O) groups is 1. The third-order valence-corrected chi connectivity index (χ3v) is 4.12. The number of likely N-dealkylation sites (tertiary alicyclic amines) is 1. The zero-order valence-electron chi connectivity index (χ0n) is 11.6. The van der Waals surface area contributed by atoms with Gasteiger partial charge in [-0.2, -0.15) is 5.10 Å². The molecule has 0 radical (unpaired) electrons. The van der Waals surface area contributed by atoms with Crippen LogP contribution in [0.3, 0.4) is 0 Å². The molecule has 0 bridgehead atoms. The highest BCUT2D eigenvalue weighted by atomic mass is 35.5. The minimum absolute atomic E-state index is 0.112. The summed E-state index contributed by atoms with van der Waals surface area (Å²) in [4.78, 5) is 14.5. The van der Waals surface area contributed by atoms with Gasteiger partial charge >= 0.3 is 0 Å². The number of halogens is 2. The Labute approximate surface area is 127 Å². The third-order valence-electron chi connectivity index (χ3n) is 3.84. The Morgan fingerprint density at radius 1 is 1.48 bits per heavy atom. The van der Waals surface area contributed by atoms with E-state index in [1.54, 1.807) is 18.0 Å². The van der Waals surface area contributed by atoms with E-state index in [2.05, 4.69) is 5.10 Å². The Morgan fingerprint density at radius 3 is 2.95 bits per heavy atom. The molecule has 3 rings (SSSR count). The van der Waals surface area contributed by atoms with Gasteiger partial charge in [0.05, 0.1) is 17.3 Å². The Kier molecular flexibility index (Phi) is 3.68. The highest BCUT2D eigenvalue weighted by molar-refractivity contribution is 6.33. The molecule has 1 amide bonds. The average Bonchev–Trinajstić information content (AvgIpc) is 3.05. The van der Waals surface area contributed by atoms with Crippen LogP contribution in [0.2, 0.25) is 5.02 Å². The number of nitrogens with zero attached hydrogens (tertiary/aromatic N) is 3. The minimum atomic E-state index is -0.287. The zero-order chi connectivity index (χ0) is 15.0. The van der Waals surface area contributed by atoms with Gasteiger partial charge in [-0.05, 0) is 30.5 Å². The lowest BCUT2D eigenvalue weighted by molar-refractivity contribution is 0.0724. The van der Waals surface area contributed by atoms with Crippen molar-refractivity contribution in [1.82, 2.24) is 14.7 Å². The minimum Gasteiger partial charge on any atom is -0.330 e. The van der Waals surface area contributed by atoms with Gasteiger partial charge in [-0.25, -0.2) is 4.39 Å². The molecule has 110 valence electrons. The van der Waals surface area contributed by atoms with Gasteiger partial charge in [0.15, 0.2) is 0 Å². The summed E-state index contributed by atoms with van der Waals surface area (Å²) in [6.07, 6.45) is 3.18. The number of aryl methyl sites for hydroxylation is 1. The summed E-state index contributed by atoms with van der Waals surface area (Å²) in [6.45, 7) is 0.640. The first kappa shape index (κ1) is 14.1. The van der Waals surface area contributed by atoms with Gasteiger partial charge in [0.2, 0.25) is 0 Å². The fourth-order valence-electron chi connectivity index (χ4n) is 2.86. The molecular formula is C15H15ClFN3O. The number of hydrogen-bond donors (Lipinski definition) is 0. The predicted octanol–water partition coefficient (Wildman–Crippen LogP) is 3.19. The topological polar surface area (TPSA) is 38.1 Å². The van der Waals surface area contributed by atoms with E-state index >= 15 is 0 Å². The fraction of sp³-hybridized carbons (Fsp3) is 0.333. The lowest BCUT2D eigenvalue weighted by Crippen LogP contribution is -2.32. The SMILES string of the molecule is Cn1ncc(Cl)c1C(=O)N1CCCC1c1cccc(F)c1. The van der Waals surface area contributed by atoms with Crippen LogP contribution in [-0.4, -0.2) is 27.1 Å². The van der Waals surface area contributed by atoms with Crippen LogP contribution in [-0.2, 0) is 7.05 Å². The molecule has 21 heavy (non-hydrogen) atoms. The van der Waals surface area contributed by atoms with Crippen LogP contribution in [0.1, 0.15) is 34.9 Å². The number of carbonyl (C=O) groups excluding carboxylic acids is 1. The van der Waals surface area contributed by atoms with E-state index in [-0.39, 0.29) is 17.8 Å². The highest BCUT2D eigenvalue weighted by Crippen LogP contribution is 2.34. The van der Waals surface area contributed by atoms with Crippen molar-refractivity contribution in [2.24, 2.45) is 7.05 Å². The Morgan fingerprint density at radius 2 is 2.29 bits per heavy atom. The van der Waals surface area contributed by atoms with Gasteiger partial charge in [-0.1, -0.05) is 23.7 Å². The quantitative estimate of drug-likeness (QED) is 0.854. The maximum Gasteiger partial charge on any atom is 0.274 e. The summed E-state index contributed by atoms with van der Waals surface area (Å²) in [5.41, 5.74) is 1.19. The second-order valence-electron chi connectivity index (χ2n) is 5.18. The van der Waals surface area contributed by atoms with Crippen molar-refractivity contribution < 1.29 is 9.18 Å². The van der Waals surface area contributed by atoms with Crippen LogP contribution in [0, 0.1) is 5.82 Å². The monoisotopic (exact) mass is 307 g/mol. The van der Waals surface area contributed by atoms with E-state index < -0.39 is 0 Å². The van der Waals surface area contributed by atoms with Gasteiger partial charge < -0.3 is 4.90 Å². The first-order valence-electron chi connectivity index (χ1n) is 6.82. The molecule has 1 atom stereocenters. The maximum absolute atomic E-state index is 13.4. The molecule has 2 aromatic rings. The molecule has 0 spiro atoms. The summed E-state index contributed by atoms with van der Waals surface area (Å²) in [7, 11) is 1.69. The van der Waals surface area contributed by atoms with Gasteiger partial charge in [0.25, 0.3) is 5.91 Å². The van der Waals surface area contributed by atoms with Gasteiger partial charge in [0, 0.05) is 13.6 Å². The largest absolute Gasteiger partial charge is 0.330 e. The van der Waals surface area contributed by atoms with Crippen LogP contribution >= 0.6 is 11.6 Å². The fourth-order valence-corrected chi connectivity index (χ4v) is 3.10. The Balaban J connectivity index is 1.93. The molecule has 1 aromatic heterocycles. The second kappa shape index (κ2) is 5.48. The van der Waals surface area contributed by atoms with Crippen LogP contribution in [0.5, 0.6) is 0 Å². The van der Waals surface area contributed by atoms with Crippen molar-refractivity contribution in [2.45, 2.75) is 18.9 Å². The summed E-state index contributed by atoms with van der Waals surface area (Å²) in [5.74, 6) is -0.447. The molecule has 0 N–H and O–H groups in total. The summed E-state index contributed by atoms with van der Waals surface area (Å²) >= 11 is 6.05. The molecule has 1 saturated heterocycles. The smallest absolute Gasteiger partial charge is 0.274 e. The van der Waals surface area contributed by atoms with E-state index in [0.29, 0.717) is 17.3 Å². The summed E-state index contributed by atoms with van der Waals surface area (Å²) in [5, 5.41) is 4.34. The molecule has 2 heterocycles. The molecule has 1 aliphatic rings. The van der Waals surface area contributed by atoms with E-state index in [1.165, 1.54) is 23.0 Å². The number of amides is 1. The molecular weight excluding hydrogens is 293 g/mol. The summed E-state index contributed by atoms with van der Waals surface area (Å²) in [6, 6.07) is 6.30. The van der Waals surface area contributed by atoms with Crippen molar-refractivity contribution in [2.75, 3.05) is 6.54 Å². The number of aromatic nitrogens is 2. The number of benzene rings is 1. The van der Waals surface area contributed by atoms with E-state index in [9.17, 15) is 9.18 Å².